The Hall–Kier alpha value is -9.26. The van der Waals surface area contributed by atoms with Gasteiger partial charge in [0.15, 0.2) is 0 Å². The van der Waals surface area contributed by atoms with Crippen LogP contribution in [-0.4, -0.2) is 18.8 Å². The lowest BCUT2D eigenvalue weighted by molar-refractivity contribution is 1.15. The fraction of sp³-hybridized carbons (Fsp3) is 0. The molecule has 6 nitrogen and oxygen atoms in total. The van der Waals surface area contributed by atoms with E-state index in [0.29, 0.717) is 22.1 Å². The van der Waals surface area contributed by atoms with E-state index >= 15 is 9.59 Å². The number of hydrogen-bond donors (Lipinski definition) is 0. The molecule has 0 aliphatic rings. The average Bonchev–Trinajstić information content (AvgIpc) is 3.38. The fourth-order valence-corrected chi connectivity index (χ4v) is 13.4. The first-order valence-corrected chi connectivity index (χ1v) is 23.2. The van der Waals surface area contributed by atoms with E-state index in [2.05, 4.69) is 146 Å². The zero-order valence-electron chi connectivity index (χ0n) is 35.8. The van der Waals surface area contributed by atoms with Gasteiger partial charge in [0.05, 0.1) is 22.1 Å². The number of aromatic nitrogens is 4. The van der Waals surface area contributed by atoms with Crippen molar-refractivity contribution in [3.05, 3.63) is 191 Å². The second-order valence-electron chi connectivity index (χ2n) is 19.0. The summed E-state index contributed by atoms with van der Waals surface area (Å²) in [4.78, 5) is 41.0. The van der Waals surface area contributed by atoms with E-state index in [0.717, 1.165) is 141 Å². The van der Waals surface area contributed by atoms with E-state index in [9.17, 15) is 0 Å². The van der Waals surface area contributed by atoms with Crippen molar-refractivity contribution in [1.82, 2.24) is 18.8 Å². The van der Waals surface area contributed by atoms with Gasteiger partial charge in [0.1, 0.15) is 11.3 Å². The van der Waals surface area contributed by atoms with Crippen molar-refractivity contribution in [3.8, 4) is 0 Å². The van der Waals surface area contributed by atoms with E-state index in [1.165, 1.54) is 10.8 Å². The van der Waals surface area contributed by atoms with Crippen molar-refractivity contribution in [1.29, 1.82) is 0 Å². The fourth-order valence-electron chi connectivity index (χ4n) is 13.4. The standard InChI is InChI=1S/C62H28N4O2/c67-61-45-25-21-41-37-17-18-38-42-22-26-46-56-44(60-64-48-14-6-10-32-28-30-8-2-4-12-34(30)58(50(32)48)66(60)62(46)68)24-20-40(54(42)56)36-16-15-35(51(37)52(36)38)39-19-23-43(55(45)53(39)41)59-63-47-13-5-9-31-27-29-7-1-3-11-33(29)57(49(31)47)65(59)61/h1-28H. The predicted molar refractivity (Wildman–Crippen MR) is 284 cm³/mol. The van der Waals surface area contributed by atoms with Crippen molar-refractivity contribution < 1.29 is 0 Å². The lowest BCUT2D eigenvalue weighted by atomic mass is 9.82. The number of rotatable bonds is 0. The highest BCUT2D eigenvalue weighted by Gasteiger charge is 2.26. The third-order valence-corrected chi connectivity index (χ3v) is 16.0. The van der Waals surface area contributed by atoms with Crippen LogP contribution >= 0.6 is 0 Å². The van der Waals surface area contributed by atoms with E-state index in [1.54, 1.807) is 0 Å². The summed E-state index contributed by atoms with van der Waals surface area (Å²) in [6.45, 7) is 0. The molecule has 0 amide bonds. The molecule has 0 unspecified atom stereocenters. The molecule has 0 radical (unpaired) electrons. The second-order valence-corrected chi connectivity index (χ2v) is 19.0. The third kappa shape index (κ3) is 3.68. The molecule has 0 atom stereocenters. The summed E-state index contributed by atoms with van der Waals surface area (Å²) >= 11 is 0. The molecule has 18 aromatic rings. The largest absolute Gasteiger partial charge is 0.268 e. The summed E-state index contributed by atoms with van der Waals surface area (Å²) in [5, 5.41) is 27.2. The van der Waals surface area contributed by atoms with Crippen molar-refractivity contribution >= 4 is 173 Å². The Morgan fingerprint density at radius 2 is 0.574 bits per heavy atom. The van der Waals surface area contributed by atoms with Crippen LogP contribution in [0.25, 0.3) is 173 Å². The van der Waals surface area contributed by atoms with Gasteiger partial charge in [0.25, 0.3) is 11.1 Å². The Morgan fingerprint density at radius 3 is 0.956 bits per heavy atom. The number of hydrogen-bond acceptors (Lipinski definition) is 4. The Bertz CT molecular complexity index is 5140. The third-order valence-electron chi connectivity index (χ3n) is 16.0. The summed E-state index contributed by atoms with van der Waals surface area (Å²) in [6.07, 6.45) is 0. The van der Waals surface area contributed by atoms with Gasteiger partial charge in [-0.2, -0.15) is 0 Å². The zero-order valence-corrected chi connectivity index (χ0v) is 35.8. The van der Waals surface area contributed by atoms with Crippen LogP contribution in [-0.2, 0) is 0 Å². The van der Waals surface area contributed by atoms with Crippen LogP contribution in [0.5, 0.6) is 0 Å². The highest BCUT2D eigenvalue weighted by molar-refractivity contribution is 6.45. The van der Waals surface area contributed by atoms with Gasteiger partial charge in [-0.1, -0.05) is 121 Å². The quantitative estimate of drug-likeness (QED) is 0.112. The van der Waals surface area contributed by atoms with Gasteiger partial charge in [-0.15, -0.1) is 0 Å². The van der Waals surface area contributed by atoms with Gasteiger partial charge >= 0.3 is 0 Å². The molecule has 0 aliphatic heterocycles. The van der Waals surface area contributed by atoms with Gasteiger partial charge in [0, 0.05) is 53.9 Å². The maximum Gasteiger partial charge on any atom is 0.264 e. The van der Waals surface area contributed by atoms with Crippen LogP contribution in [0.3, 0.4) is 0 Å². The molecule has 68 heavy (non-hydrogen) atoms. The van der Waals surface area contributed by atoms with E-state index < -0.39 is 0 Å². The zero-order chi connectivity index (χ0) is 44.0. The molecule has 308 valence electrons. The minimum atomic E-state index is -0.0600. The number of fused-ring (bicyclic) bond motifs is 14. The van der Waals surface area contributed by atoms with Crippen LogP contribution < -0.4 is 11.1 Å². The minimum Gasteiger partial charge on any atom is -0.268 e. The number of pyridine rings is 2. The summed E-state index contributed by atoms with van der Waals surface area (Å²) in [6, 6.07) is 60.0. The van der Waals surface area contributed by atoms with Gasteiger partial charge < -0.3 is 0 Å². The molecule has 0 aliphatic carbocycles. The molecule has 0 saturated heterocycles. The first kappa shape index (κ1) is 34.1. The molecule has 0 fully saturated rings. The molecule has 4 aromatic heterocycles. The molecule has 0 saturated carbocycles. The maximum atomic E-state index is 15.2. The van der Waals surface area contributed by atoms with Crippen LogP contribution in [0, 0.1) is 0 Å². The molecular weight excluding hydrogens is 833 g/mol. The second kappa shape index (κ2) is 11.2. The van der Waals surface area contributed by atoms with E-state index in [1.807, 2.05) is 33.1 Å². The smallest absolute Gasteiger partial charge is 0.264 e. The topological polar surface area (TPSA) is 68.7 Å². The molecule has 0 N–H and O–H groups in total. The SMILES string of the molecule is O=c1c2ccc3c4ccc5c6ccc7c(=O)n8c(nc9cccc%10cc%11ccccc%11c8c%109)c8ccc(c9ccc(c%10ccc(c2c3%10)c2nc3cccc%10cc%11ccccc%11c(c%103)n12)c4c59)c6c78. The maximum absolute atomic E-state index is 15.2. The molecule has 6 heteroatoms. The number of nitrogens with zero attached hydrogens (tertiary/aromatic N) is 4. The summed E-state index contributed by atoms with van der Waals surface area (Å²) in [5.41, 5.74) is 4.78. The number of benzene rings is 14. The normalized spacial score (nSPS) is 13.1. The molecule has 14 aromatic carbocycles. The van der Waals surface area contributed by atoms with Crippen LogP contribution in [0.2, 0.25) is 0 Å². The van der Waals surface area contributed by atoms with Crippen LogP contribution in [0.15, 0.2) is 179 Å². The van der Waals surface area contributed by atoms with Crippen molar-refractivity contribution in [3.63, 3.8) is 0 Å². The molecule has 4 heterocycles. The first-order valence-electron chi connectivity index (χ1n) is 23.2. The van der Waals surface area contributed by atoms with Gasteiger partial charge in [-0.3, -0.25) is 18.4 Å². The van der Waals surface area contributed by atoms with Gasteiger partial charge in [-0.25, -0.2) is 9.97 Å². The first-order chi connectivity index (χ1) is 33.6. The van der Waals surface area contributed by atoms with Crippen LogP contribution in [0.1, 0.15) is 0 Å². The summed E-state index contributed by atoms with van der Waals surface area (Å²) < 4.78 is 3.75. The minimum absolute atomic E-state index is 0.0600. The van der Waals surface area contributed by atoms with Gasteiger partial charge in [0.2, 0.25) is 0 Å². The highest BCUT2D eigenvalue weighted by Crippen LogP contribution is 2.50. The molecule has 0 spiro atoms. The Balaban J connectivity index is 0.973. The predicted octanol–water partition coefficient (Wildman–Crippen LogP) is 14.8. The van der Waals surface area contributed by atoms with Crippen molar-refractivity contribution in [2.45, 2.75) is 0 Å². The van der Waals surface area contributed by atoms with Crippen LogP contribution in [0.4, 0.5) is 0 Å². The Labute approximate surface area is 381 Å². The van der Waals surface area contributed by atoms with E-state index in [4.69, 9.17) is 9.97 Å². The summed E-state index contributed by atoms with van der Waals surface area (Å²) in [5.74, 6) is 0. The Morgan fingerprint density at radius 1 is 0.265 bits per heavy atom. The lowest BCUT2D eigenvalue weighted by Crippen LogP contribution is -2.17. The van der Waals surface area contributed by atoms with Crippen molar-refractivity contribution in [2.75, 3.05) is 0 Å². The van der Waals surface area contributed by atoms with Gasteiger partial charge in [-0.05, 0) is 135 Å². The van der Waals surface area contributed by atoms with E-state index in [-0.39, 0.29) is 11.1 Å². The lowest BCUT2D eigenvalue weighted by Gasteiger charge is -2.22. The Kier molecular flexibility index (Phi) is 5.63. The molecular formula is C62H28N4O2. The molecule has 0 bridgehead atoms. The molecule has 18 rings (SSSR count). The highest BCUT2D eigenvalue weighted by atomic mass is 16.1. The van der Waals surface area contributed by atoms with Crippen molar-refractivity contribution in [2.24, 2.45) is 0 Å². The monoisotopic (exact) mass is 860 g/mol. The summed E-state index contributed by atoms with van der Waals surface area (Å²) in [7, 11) is 0. The average molecular weight is 861 g/mol.